The van der Waals surface area contributed by atoms with Gasteiger partial charge in [-0.25, -0.2) is 0 Å². The molecule has 17 heavy (non-hydrogen) atoms. The van der Waals surface area contributed by atoms with Crippen LogP contribution in [0.5, 0.6) is 0 Å². The molecule has 2 nitrogen and oxygen atoms in total. The maximum absolute atomic E-state index is 2.26. The first-order valence-electron chi connectivity index (χ1n) is 5.85. The van der Waals surface area contributed by atoms with Gasteiger partial charge < -0.3 is 25.9 Å². The van der Waals surface area contributed by atoms with Gasteiger partial charge in [-0.15, -0.1) is 0 Å². The third kappa shape index (κ3) is 6.81. The Bertz CT molecular complexity index is 313. The van der Waals surface area contributed by atoms with Crippen LogP contribution >= 0.6 is 0 Å². The van der Waals surface area contributed by atoms with E-state index in [4.69, 9.17) is 0 Å². The average Bonchev–Trinajstić information content (AvgIpc) is 2.03. The van der Waals surface area contributed by atoms with E-state index < -0.39 is 0 Å². The van der Waals surface area contributed by atoms with Crippen molar-refractivity contribution >= 4 is 0 Å². The van der Waals surface area contributed by atoms with Crippen molar-refractivity contribution in [2.24, 2.45) is 0 Å². The lowest BCUT2D eigenvalue weighted by Gasteiger charge is -2.28. The fraction of sp³-hybridized carbons (Fsp3) is 0.571. The molecule has 0 aliphatic carbocycles. The van der Waals surface area contributed by atoms with E-state index in [1.807, 2.05) is 0 Å². The molecule has 0 spiro atoms. The molecular weight excluding hydrogens is 276 g/mol. The first-order valence-corrected chi connectivity index (χ1v) is 5.85. The van der Waals surface area contributed by atoms with Crippen molar-refractivity contribution < 1.29 is 25.9 Å². The summed E-state index contributed by atoms with van der Waals surface area (Å²) in [5, 5.41) is 0. The van der Waals surface area contributed by atoms with Crippen molar-refractivity contribution in [1.82, 2.24) is 0 Å². The molecule has 0 radical (unpaired) electrons. The lowest BCUT2D eigenvalue weighted by Crippen LogP contribution is -3.00. The van der Waals surface area contributed by atoms with Gasteiger partial charge >= 0.3 is 0 Å². The largest absolute Gasteiger partial charge is 1.00 e. The molecular formula is C14H26BrN2+. The van der Waals surface area contributed by atoms with Crippen LogP contribution in [0.25, 0.3) is 0 Å². The molecule has 1 aromatic rings. The smallest absolute Gasteiger partial charge is 0.104 e. The Morgan fingerprint density at radius 3 is 1.24 bits per heavy atom. The van der Waals surface area contributed by atoms with E-state index in [1.54, 1.807) is 0 Å². The van der Waals surface area contributed by atoms with Crippen molar-refractivity contribution in [3.05, 3.63) is 35.4 Å². The number of rotatable bonds is 4. The zero-order valence-corrected chi connectivity index (χ0v) is 13.6. The molecule has 0 fully saturated rings. The highest BCUT2D eigenvalue weighted by molar-refractivity contribution is 5.25. The molecule has 0 amide bonds. The number of nitrogens with zero attached hydrogens (tertiary/aromatic N) is 2. The summed E-state index contributed by atoms with van der Waals surface area (Å²) < 4.78 is 1.96. The molecule has 0 saturated heterocycles. The Balaban J connectivity index is 0.00000256. The summed E-state index contributed by atoms with van der Waals surface area (Å²) in [7, 11) is 13.4. The molecule has 0 bridgehead atoms. The molecule has 98 valence electrons. The first kappa shape index (κ1) is 16.6. The van der Waals surface area contributed by atoms with Gasteiger partial charge in [0, 0.05) is 11.1 Å². The molecule has 0 atom stereocenters. The number of hydrogen-bond acceptors (Lipinski definition) is 0. The third-order valence-corrected chi connectivity index (χ3v) is 2.41. The summed E-state index contributed by atoms with van der Waals surface area (Å²) in [5.74, 6) is 0. The van der Waals surface area contributed by atoms with Crippen LogP contribution in [-0.2, 0) is 13.1 Å². The monoisotopic (exact) mass is 301 g/mol. The van der Waals surface area contributed by atoms with Gasteiger partial charge in [-0.2, -0.15) is 0 Å². The van der Waals surface area contributed by atoms with Gasteiger partial charge in [-0.05, 0) is 0 Å². The molecule has 0 saturated carbocycles. The van der Waals surface area contributed by atoms with Gasteiger partial charge in [0.15, 0.2) is 0 Å². The molecule has 0 aliphatic rings. The van der Waals surface area contributed by atoms with E-state index in [1.165, 1.54) is 11.1 Å². The van der Waals surface area contributed by atoms with Crippen LogP contribution in [0.1, 0.15) is 11.1 Å². The maximum Gasteiger partial charge on any atom is 0.104 e. The lowest BCUT2D eigenvalue weighted by atomic mass is 10.1. The van der Waals surface area contributed by atoms with E-state index >= 15 is 0 Å². The number of halogens is 1. The highest BCUT2D eigenvalue weighted by Crippen LogP contribution is 2.16. The van der Waals surface area contributed by atoms with Crippen molar-refractivity contribution in [3.63, 3.8) is 0 Å². The summed E-state index contributed by atoms with van der Waals surface area (Å²) in [6.45, 7) is 2.19. The van der Waals surface area contributed by atoms with Crippen molar-refractivity contribution in [2.75, 3.05) is 42.3 Å². The second-order valence-corrected chi connectivity index (χ2v) is 6.67. The van der Waals surface area contributed by atoms with E-state index in [0.717, 1.165) is 22.1 Å². The molecule has 1 aromatic carbocycles. The molecule has 1 rings (SSSR count). The quantitative estimate of drug-likeness (QED) is 0.633. The second kappa shape index (κ2) is 5.98. The van der Waals surface area contributed by atoms with Crippen LogP contribution in [0.4, 0.5) is 0 Å². The van der Waals surface area contributed by atoms with E-state index in [2.05, 4.69) is 66.6 Å². The van der Waals surface area contributed by atoms with Crippen LogP contribution in [0, 0.1) is 0 Å². The number of benzene rings is 1. The Morgan fingerprint density at radius 2 is 1.00 bits per heavy atom. The Kier molecular flexibility index (Phi) is 5.85. The Labute approximate surface area is 117 Å². The predicted molar refractivity (Wildman–Crippen MR) is 69.9 cm³/mol. The summed E-state index contributed by atoms with van der Waals surface area (Å²) in [6, 6.07) is 8.80. The molecule has 3 heteroatoms. The van der Waals surface area contributed by atoms with E-state index in [9.17, 15) is 0 Å². The van der Waals surface area contributed by atoms with Gasteiger partial charge in [0.2, 0.25) is 0 Å². The minimum Gasteiger partial charge on any atom is -1.00 e. The molecule has 0 aromatic heterocycles. The van der Waals surface area contributed by atoms with Gasteiger partial charge in [0.05, 0.1) is 42.3 Å². The molecule has 0 unspecified atom stereocenters. The topological polar surface area (TPSA) is 0 Å². The summed E-state index contributed by atoms with van der Waals surface area (Å²) in [4.78, 5) is 0. The molecule has 0 aliphatic heterocycles. The van der Waals surface area contributed by atoms with Crippen molar-refractivity contribution in [3.8, 4) is 0 Å². The van der Waals surface area contributed by atoms with Crippen molar-refractivity contribution in [1.29, 1.82) is 0 Å². The number of quaternary nitrogens is 2. The second-order valence-electron chi connectivity index (χ2n) is 6.67. The Hall–Kier alpha value is -0.380. The zero-order valence-electron chi connectivity index (χ0n) is 12.0. The maximum atomic E-state index is 2.26. The molecule has 0 heterocycles. The van der Waals surface area contributed by atoms with E-state index in [0.29, 0.717) is 0 Å². The summed E-state index contributed by atoms with van der Waals surface area (Å²) in [5.41, 5.74) is 2.95. The molecule has 0 N–H and O–H groups in total. The highest BCUT2D eigenvalue weighted by Gasteiger charge is 2.16. The van der Waals surface area contributed by atoms with Gasteiger partial charge in [-0.3, -0.25) is 0 Å². The SMILES string of the molecule is C[N+](C)(C)Cc1ccccc1C[N+](C)(C)C.[Br-]. The third-order valence-electron chi connectivity index (χ3n) is 2.41. The standard InChI is InChI=1S/C14H26N2.BrH/c1-15(2,3)11-13-9-7-8-10-14(13)12-16(4,5)6;/h7-10H,11-12H2,1-6H3;1H/q+2;/p-1. The zero-order chi connectivity index (χ0) is 12.4. The first-order chi connectivity index (χ1) is 7.17. The fourth-order valence-electron chi connectivity index (χ4n) is 1.89. The van der Waals surface area contributed by atoms with Crippen LogP contribution in [0.3, 0.4) is 0 Å². The highest BCUT2D eigenvalue weighted by atomic mass is 79.9. The summed E-state index contributed by atoms with van der Waals surface area (Å²) >= 11 is 0. The number of hydrogen-bond donors (Lipinski definition) is 0. The van der Waals surface area contributed by atoms with Gasteiger partial charge in [0.25, 0.3) is 0 Å². The lowest BCUT2D eigenvalue weighted by molar-refractivity contribution is -0.887. The Morgan fingerprint density at radius 1 is 0.706 bits per heavy atom. The average molecular weight is 302 g/mol. The summed E-state index contributed by atoms with van der Waals surface area (Å²) in [6.07, 6.45) is 0. The van der Waals surface area contributed by atoms with Gasteiger partial charge in [0.1, 0.15) is 13.1 Å². The minimum absolute atomic E-state index is 0. The van der Waals surface area contributed by atoms with Gasteiger partial charge in [-0.1, -0.05) is 24.3 Å². The fourth-order valence-corrected chi connectivity index (χ4v) is 1.89. The van der Waals surface area contributed by atoms with E-state index in [-0.39, 0.29) is 17.0 Å². The minimum atomic E-state index is 0. The normalized spacial score (nSPS) is 12.1. The van der Waals surface area contributed by atoms with Crippen molar-refractivity contribution in [2.45, 2.75) is 13.1 Å². The predicted octanol–water partition coefficient (Wildman–Crippen LogP) is -0.897. The van der Waals surface area contributed by atoms with Crippen LogP contribution in [0.2, 0.25) is 0 Å². The van der Waals surface area contributed by atoms with Crippen LogP contribution < -0.4 is 17.0 Å². The van der Waals surface area contributed by atoms with Crippen LogP contribution in [0.15, 0.2) is 24.3 Å². The van der Waals surface area contributed by atoms with Crippen LogP contribution in [-0.4, -0.2) is 51.3 Å².